The number of H-pyrrole nitrogens is 1. The number of nitrogens with one attached hydrogen (secondary N) is 1. The van der Waals surface area contributed by atoms with Crippen LogP contribution in [0, 0.1) is 5.92 Å². The molecule has 1 saturated heterocycles. The number of piperidine rings is 1. The highest BCUT2D eigenvalue weighted by atomic mass is 35.5. The molecule has 2 fully saturated rings. The van der Waals surface area contributed by atoms with Gasteiger partial charge in [-0.15, -0.1) is 0 Å². The SMILES string of the molecule is COc1cc(-c2cc(C(=O)N3CCC(C(=O)O)CC34CC4)n[nH]2)c(Cl)cn1. The molecule has 4 rings (SSSR count). The number of carboxylic acid groups (broad SMARTS) is 1. The van der Waals surface area contributed by atoms with E-state index in [0.29, 0.717) is 41.5 Å². The molecule has 1 aliphatic heterocycles. The number of nitrogens with zero attached hydrogens (tertiary/aromatic N) is 3. The van der Waals surface area contributed by atoms with Crippen molar-refractivity contribution in [2.45, 2.75) is 31.2 Å². The Kier molecular flexibility index (Phi) is 4.30. The Bertz CT molecular complexity index is 909. The first-order valence-electron chi connectivity index (χ1n) is 8.73. The fraction of sp³-hybridized carbons (Fsp3) is 0.444. The minimum Gasteiger partial charge on any atom is -0.481 e. The van der Waals surface area contributed by atoms with Crippen molar-refractivity contribution in [2.24, 2.45) is 5.92 Å². The van der Waals surface area contributed by atoms with Crippen LogP contribution in [0.3, 0.4) is 0 Å². The zero-order valence-corrected chi connectivity index (χ0v) is 15.5. The minimum atomic E-state index is -0.781. The first-order chi connectivity index (χ1) is 12.9. The topological polar surface area (TPSA) is 108 Å². The van der Waals surface area contributed by atoms with Crippen LogP contribution in [-0.4, -0.2) is 56.3 Å². The van der Waals surface area contributed by atoms with Crippen molar-refractivity contribution < 1.29 is 19.4 Å². The van der Waals surface area contributed by atoms with Crippen molar-refractivity contribution in [1.82, 2.24) is 20.1 Å². The average Bonchev–Trinajstić information content (AvgIpc) is 3.24. The molecule has 1 aliphatic carbocycles. The van der Waals surface area contributed by atoms with E-state index >= 15 is 0 Å². The van der Waals surface area contributed by atoms with Gasteiger partial charge in [0.05, 0.1) is 29.9 Å². The van der Waals surface area contributed by atoms with Gasteiger partial charge < -0.3 is 14.7 Å². The van der Waals surface area contributed by atoms with Crippen LogP contribution in [0.25, 0.3) is 11.3 Å². The number of carbonyl (C=O) groups excluding carboxylic acids is 1. The molecule has 9 heteroatoms. The quantitative estimate of drug-likeness (QED) is 0.830. The standard InChI is InChI=1S/C18H19ClN4O4/c1-27-15-6-11(12(19)9-20-15)13-7-14(22-21-13)16(24)23-5-2-10(17(25)26)8-18(23)3-4-18/h6-7,9-10H,2-5,8H2,1H3,(H,21,22)(H,25,26). The van der Waals surface area contributed by atoms with E-state index in [-0.39, 0.29) is 23.1 Å². The van der Waals surface area contributed by atoms with Crippen molar-refractivity contribution in [1.29, 1.82) is 0 Å². The zero-order valence-electron chi connectivity index (χ0n) is 14.7. The Morgan fingerprint density at radius 1 is 1.41 bits per heavy atom. The summed E-state index contributed by atoms with van der Waals surface area (Å²) in [6.07, 6.45) is 4.14. The van der Waals surface area contributed by atoms with Gasteiger partial charge in [-0.25, -0.2) is 4.98 Å². The summed E-state index contributed by atoms with van der Waals surface area (Å²) < 4.78 is 5.12. The van der Waals surface area contributed by atoms with Gasteiger partial charge in [-0.1, -0.05) is 11.6 Å². The van der Waals surface area contributed by atoms with E-state index in [0.717, 1.165) is 12.8 Å². The Balaban J connectivity index is 1.57. The lowest BCUT2D eigenvalue weighted by Crippen LogP contribution is -2.49. The Morgan fingerprint density at radius 3 is 2.85 bits per heavy atom. The van der Waals surface area contributed by atoms with E-state index in [1.807, 2.05) is 0 Å². The summed E-state index contributed by atoms with van der Waals surface area (Å²) in [5.74, 6) is -0.938. The molecule has 0 aromatic carbocycles. The molecule has 8 nitrogen and oxygen atoms in total. The van der Waals surface area contributed by atoms with Crippen molar-refractivity contribution >= 4 is 23.5 Å². The van der Waals surface area contributed by atoms with Gasteiger partial charge in [0.2, 0.25) is 5.88 Å². The minimum absolute atomic E-state index is 0.184. The number of rotatable bonds is 4. The molecule has 1 saturated carbocycles. The lowest BCUT2D eigenvalue weighted by molar-refractivity contribution is -0.144. The Hall–Kier alpha value is -2.61. The van der Waals surface area contributed by atoms with Crippen LogP contribution in [0.4, 0.5) is 0 Å². The third-order valence-corrected chi connectivity index (χ3v) is 5.75. The molecule has 1 spiro atoms. The van der Waals surface area contributed by atoms with E-state index in [1.54, 1.807) is 17.0 Å². The Labute approximate surface area is 160 Å². The number of methoxy groups -OCH3 is 1. The highest BCUT2D eigenvalue weighted by Crippen LogP contribution is 2.50. The van der Waals surface area contributed by atoms with Gasteiger partial charge in [0.25, 0.3) is 5.91 Å². The van der Waals surface area contributed by atoms with Crippen molar-refractivity contribution in [3.63, 3.8) is 0 Å². The van der Waals surface area contributed by atoms with Crippen LogP contribution < -0.4 is 4.74 Å². The molecule has 2 aliphatic rings. The van der Waals surface area contributed by atoms with E-state index in [4.69, 9.17) is 16.3 Å². The molecular formula is C18H19ClN4O4. The number of pyridine rings is 1. The smallest absolute Gasteiger partial charge is 0.306 e. The van der Waals surface area contributed by atoms with Gasteiger partial charge in [-0.05, 0) is 31.7 Å². The zero-order chi connectivity index (χ0) is 19.2. The van der Waals surface area contributed by atoms with E-state index in [2.05, 4.69) is 15.2 Å². The van der Waals surface area contributed by atoms with E-state index < -0.39 is 5.97 Å². The number of amides is 1. The molecule has 142 valence electrons. The molecule has 1 unspecified atom stereocenters. The molecule has 0 bridgehead atoms. The van der Waals surface area contributed by atoms with Gasteiger partial charge in [-0.2, -0.15) is 5.10 Å². The predicted molar refractivity (Wildman–Crippen MR) is 96.7 cm³/mol. The van der Waals surface area contributed by atoms with Crippen molar-refractivity contribution in [3.05, 3.63) is 29.0 Å². The fourth-order valence-corrected chi connectivity index (χ4v) is 3.99. The second-order valence-electron chi connectivity index (χ2n) is 7.08. The number of hydrogen-bond acceptors (Lipinski definition) is 5. The van der Waals surface area contributed by atoms with Crippen LogP contribution in [0.5, 0.6) is 5.88 Å². The number of ether oxygens (including phenoxy) is 1. The fourth-order valence-electron chi connectivity index (χ4n) is 3.78. The first kappa shape index (κ1) is 17.8. The van der Waals surface area contributed by atoms with Gasteiger partial charge in [-0.3, -0.25) is 14.7 Å². The van der Waals surface area contributed by atoms with Gasteiger partial charge in [0.1, 0.15) is 0 Å². The third-order valence-electron chi connectivity index (χ3n) is 5.45. The van der Waals surface area contributed by atoms with Crippen LogP contribution in [0.15, 0.2) is 18.3 Å². The molecule has 2 aromatic heterocycles. The number of halogens is 1. The highest BCUT2D eigenvalue weighted by molar-refractivity contribution is 6.33. The lowest BCUT2D eigenvalue weighted by Gasteiger charge is -2.38. The maximum atomic E-state index is 13.0. The summed E-state index contributed by atoms with van der Waals surface area (Å²) in [6, 6.07) is 3.33. The van der Waals surface area contributed by atoms with Gasteiger partial charge in [0.15, 0.2) is 5.69 Å². The second kappa shape index (κ2) is 6.53. The maximum Gasteiger partial charge on any atom is 0.306 e. The number of aliphatic carboxylic acids is 1. The number of likely N-dealkylation sites (tertiary alicyclic amines) is 1. The highest BCUT2D eigenvalue weighted by Gasteiger charge is 2.54. The van der Waals surface area contributed by atoms with E-state index in [1.165, 1.54) is 13.3 Å². The summed E-state index contributed by atoms with van der Waals surface area (Å²) in [4.78, 5) is 30.2. The van der Waals surface area contributed by atoms with Crippen molar-refractivity contribution in [2.75, 3.05) is 13.7 Å². The van der Waals surface area contributed by atoms with Crippen LogP contribution in [0.2, 0.25) is 5.02 Å². The number of aromatic amines is 1. The first-order valence-corrected chi connectivity index (χ1v) is 9.11. The molecular weight excluding hydrogens is 372 g/mol. The number of aromatic nitrogens is 3. The molecule has 3 heterocycles. The summed E-state index contributed by atoms with van der Waals surface area (Å²) in [7, 11) is 1.51. The lowest BCUT2D eigenvalue weighted by atomic mass is 9.89. The monoisotopic (exact) mass is 390 g/mol. The molecule has 2 N–H and O–H groups in total. The number of carbonyl (C=O) groups is 2. The normalized spacial score (nSPS) is 20.5. The van der Waals surface area contributed by atoms with Crippen LogP contribution in [0.1, 0.15) is 36.2 Å². The molecule has 27 heavy (non-hydrogen) atoms. The number of carboxylic acids is 1. The summed E-state index contributed by atoms with van der Waals surface area (Å²) >= 11 is 6.21. The molecule has 1 amide bonds. The molecule has 2 aromatic rings. The second-order valence-corrected chi connectivity index (χ2v) is 7.49. The van der Waals surface area contributed by atoms with Crippen LogP contribution >= 0.6 is 11.6 Å². The summed E-state index contributed by atoms with van der Waals surface area (Å²) in [6.45, 7) is 0.432. The predicted octanol–water partition coefficient (Wildman–Crippen LogP) is 2.60. The van der Waals surface area contributed by atoms with Crippen molar-refractivity contribution in [3.8, 4) is 17.1 Å². The molecule has 1 atom stereocenters. The largest absolute Gasteiger partial charge is 0.481 e. The van der Waals surface area contributed by atoms with Gasteiger partial charge >= 0.3 is 5.97 Å². The average molecular weight is 391 g/mol. The Morgan fingerprint density at radius 2 is 2.19 bits per heavy atom. The number of hydrogen-bond donors (Lipinski definition) is 2. The maximum absolute atomic E-state index is 13.0. The molecule has 0 radical (unpaired) electrons. The third kappa shape index (κ3) is 3.14. The summed E-state index contributed by atoms with van der Waals surface area (Å²) in [5.41, 5.74) is 1.20. The summed E-state index contributed by atoms with van der Waals surface area (Å²) in [5, 5.41) is 16.7. The van der Waals surface area contributed by atoms with E-state index in [9.17, 15) is 14.7 Å². The van der Waals surface area contributed by atoms with Crippen LogP contribution in [-0.2, 0) is 4.79 Å². The van der Waals surface area contributed by atoms with Gasteiger partial charge in [0, 0.05) is 23.7 Å².